The number of hydrogen-bond donors (Lipinski definition) is 1. The number of amides is 1. The molecule has 0 radical (unpaired) electrons. The predicted molar refractivity (Wildman–Crippen MR) is 85.9 cm³/mol. The summed E-state index contributed by atoms with van der Waals surface area (Å²) in [6, 6.07) is 18.2. The highest BCUT2D eigenvalue weighted by atomic mass is 32.2. The Kier molecular flexibility index (Phi) is 5.24. The summed E-state index contributed by atoms with van der Waals surface area (Å²) in [5, 5.41) is 3.03. The third-order valence-corrected chi connectivity index (χ3v) is 4.09. The Morgan fingerprint density at radius 1 is 1.10 bits per heavy atom. The van der Waals surface area contributed by atoms with Crippen LogP contribution in [-0.4, -0.2) is 5.24 Å². The first-order chi connectivity index (χ1) is 9.66. The lowest BCUT2D eigenvalue weighted by Gasteiger charge is -2.14. The minimum absolute atomic E-state index is 0.0182. The van der Waals surface area contributed by atoms with Gasteiger partial charge in [0.05, 0.1) is 6.04 Å². The largest absolute Gasteiger partial charge is 0.340 e. The zero-order valence-corrected chi connectivity index (χ0v) is 12.6. The van der Waals surface area contributed by atoms with Crippen molar-refractivity contribution in [2.45, 2.75) is 25.6 Å². The maximum atomic E-state index is 12.0. The highest BCUT2D eigenvalue weighted by Crippen LogP contribution is 2.18. The molecule has 2 rings (SSSR count). The van der Waals surface area contributed by atoms with Crippen LogP contribution >= 0.6 is 11.8 Å². The molecule has 2 nitrogen and oxygen atoms in total. The van der Waals surface area contributed by atoms with E-state index in [9.17, 15) is 4.79 Å². The average Bonchev–Trinajstić information content (AvgIpc) is 2.47. The second-order valence-corrected chi connectivity index (χ2v) is 5.73. The van der Waals surface area contributed by atoms with Crippen molar-refractivity contribution in [3.8, 4) is 0 Å². The summed E-state index contributed by atoms with van der Waals surface area (Å²) >= 11 is 1.32. The van der Waals surface area contributed by atoms with E-state index < -0.39 is 0 Å². The summed E-state index contributed by atoms with van der Waals surface area (Å²) in [6.07, 6.45) is 0. The number of hydrogen-bond acceptors (Lipinski definition) is 2. The molecule has 0 aliphatic heterocycles. The Labute approximate surface area is 124 Å². The number of carbonyl (C=O) groups is 1. The van der Waals surface area contributed by atoms with Gasteiger partial charge in [-0.15, -0.1) is 0 Å². The lowest BCUT2D eigenvalue weighted by molar-refractivity contribution is 0.258. The van der Waals surface area contributed by atoms with Crippen LogP contribution in [0.2, 0.25) is 0 Å². The van der Waals surface area contributed by atoms with Crippen LogP contribution in [-0.2, 0) is 5.75 Å². The van der Waals surface area contributed by atoms with E-state index in [0.29, 0.717) is 5.75 Å². The molecule has 0 aromatic heterocycles. The molecule has 2 aromatic carbocycles. The molecule has 0 fully saturated rings. The Balaban J connectivity index is 1.86. The van der Waals surface area contributed by atoms with Crippen LogP contribution in [0.4, 0.5) is 4.79 Å². The molecule has 1 amide bonds. The number of rotatable bonds is 4. The first-order valence-electron chi connectivity index (χ1n) is 6.69. The average molecular weight is 285 g/mol. The quantitative estimate of drug-likeness (QED) is 0.882. The molecule has 0 aliphatic carbocycles. The van der Waals surface area contributed by atoms with Gasteiger partial charge in [-0.3, -0.25) is 4.79 Å². The van der Waals surface area contributed by atoms with Crippen molar-refractivity contribution < 1.29 is 4.79 Å². The van der Waals surface area contributed by atoms with E-state index in [1.807, 2.05) is 49.4 Å². The van der Waals surface area contributed by atoms with Crippen molar-refractivity contribution in [2.24, 2.45) is 0 Å². The van der Waals surface area contributed by atoms with E-state index in [0.717, 1.165) is 5.56 Å². The fraction of sp³-hybridized carbons (Fsp3) is 0.235. The predicted octanol–water partition coefficient (Wildman–Crippen LogP) is 4.70. The van der Waals surface area contributed by atoms with Crippen molar-refractivity contribution >= 4 is 17.0 Å². The zero-order valence-electron chi connectivity index (χ0n) is 11.8. The summed E-state index contributed by atoms with van der Waals surface area (Å²) in [7, 11) is 0. The van der Waals surface area contributed by atoms with Crippen LogP contribution in [0.15, 0.2) is 54.6 Å². The van der Waals surface area contributed by atoms with Gasteiger partial charge in [0.2, 0.25) is 0 Å². The van der Waals surface area contributed by atoms with Gasteiger partial charge in [-0.05, 0) is 30.5 Å². The van der Waals surface area contributed by atoms with Crippen LogP contribution < -0.4 is 5.32 Å². The Morgan fingerprint density at radius 3 is 2.45 bits per heavy atom. The van der Waals surface area contributed by atoms with E-state index >= 15 is 0 Å². The summed E-state index contributed by atoms with van der Waals surface area (Å²) in [4.78, 5) is 12.0. The van der Waals surface area contributed by atoms with Crippen molar-refractivity contribution in [2.75, 3.05) is 0 Å². The van der Waals surface area contributed by atoms with Gasteiger partial charge in [-0.25, -0.2) is 0 Å². The van der Waals surface area contributed by atoms with Gasteiger partial charge in [0.1, 0.15) is 0 Å². The normalized spacial score (nSPS) is 11.9. The van der Waals surface area contributed by atoms with Gasteiger partial charge in [-0.1, -0.05) is 66.4 Å². The van der Waals surface area contributed by atoms with Crippen molar-refractivity contribution in [3.63, 3.8) is 0 Å². The highest BCUT2D eigenvalue weighted by Gasteiger charge is 2.10. The standard InChI is InChI=1S/C17H19NOS/c1-13-8-6-7-11-16(13)12-20-17(19)18-14(2)15-9-4-3-5-10-15/h3-11,14H,12H2,1-2H3,(H,18,19)/t14-/m1/s1. The van der Waals surface area contributed by atoms with Gasteiger partial charge in [-0.2, -0.15) is 0 Å². The zero-order chi connectivity index (χ0) is 14.4. The molecular weight excluding hydrogens is 266 g/mol. The lowest BCUT2D eigenvalue weighted by Crippen LogP contribution is -2.22. The molecule has 2 aromatic rings. The maximum Gasteiger partial charge on any atom is 0.279 e. The molecule has 0 unspecified atom stereocenters. The van der Waals surface area contributed by atoms with Crippen molar-refractivity contribution in [1.29, 1.82) is 0 Å². The monoisotopic (exact) mass is 285 g/mol. The molecule has 0 aliphatic rings. The summed E-state index contributed by atoms with van der Waals surface area (Å²) < 4.78 is 0. The first kappa shape index (κ1) is 14.7. The van der Waals surface area contributed by atoms with Gasteiger partial charge in [0, 0.05) is 5.75 Å². The van der Waals surface area contributed by atoms with Gasteiger partial charge >= 0.3 is 0 Å². The van der Waals surface area contributed by atoms with Crippen molar-refractivity contribution in [3.05, 3.63) is 71.3 Å². The highest BCUT2D eigenvalue weighted by molar-refractivity contribution is 8.12. The van der Waals surface area contributed by atoms with E-state index in [-0.39, 0.29) is 11.3 Å². The van der Waals surface area contributed by atoms with Crippen molar-refractivity contribution in [1.82, 2.24) is 5.32 Å². The van der Waals surface area contributed by atoms with Crippen LogP contribution in [0.3, 0.4) is 0 Å². The van der Waals surface area contributed by atoms with E-state index in [4.69, 9.17) is 0 Å². The lowest BCUT2D eigenvalue weighted by atomic mass is 10.1. The molecule has 0 saturated heterocycles. The van der Waals surface area contributed by atoms with E-state index in [1.54, 1.807) is 0 Å². The van der Waals surface area contributed by atoms with Gasteiger partial charge in [0.15, 0.2) is 0 Å². The van der Waals surface area contributed by atoms with Crippen LogP contribution in [0.25, 0.3) is 0 Å². The molecule has 1 N–H and O–H groups in total. The number of carbonyl (C=O) groups excluding carboxylic acids is 1. The van der Waals surface area contributed by atoms with Gasteiger partial charge < -0.3 is 5.32 Å². The molecular formula is C17H19NOS. The smallest absolute Gasteiger partial charge is 0.279 e. The fourth-order valence-corrected chi connectivity index (χ4v) is 2.83. The molecule has 0 heterocycles. The Morgan fingerprint density at radius 2 is 1.75 bits per heavy atom. The summed E-state index contributed by atoms with van der Waals surface area (Å²) in [5.74, 6) is 0.708. The van der Waals surface area contributed by atoms with Crippen LogP contribution in [0.5, 0.6) is 0 Å². The molecule has 0 spiro atoms. The molecule has 0 saturated carbocycles. The minimum atomic E-state index is 0.0182. The maximum absolute atomic E-state index is 12.0. The van der Waals surface area contributed by atoms with Crippen LogP contribution in [0, 0.1) is 6.92 Å². The first-order valence-corrected chi connectivity index (χ1v) is 7.68. The van der Waals surface area contributed by atoms with Crippen LogP contribution in [0.1, 0.15) is 29.7 Å². The third-order valence-electron chi connectivity index (χ3n) is 3.25. The third kappa shape index (κ3) is 4.14. The SMILES string of the molecule is Cc1ccccc1CSC(=O)N[C@H](C)c1ccccc1. The fourth-order valence-electron chi connectivity index (χ4n) is 1.96. The topological polar surface area (TPSA) is 29.1 Å². The molecule has 1 atom stereocenters. The molecule has 104 valence electrons. The molecule has 3 heteroatoms. The second-order valence-electron chi connectivity index (χ2n) is 4.78. The minimum Gasteiger partial charge on any atom is -0.340 e. The van der Waals surface area contributed by atoms with Gasteiger partial charge in [0.25, 0.3) is 5.24 Å². The number of thioether (sulfide) groups is 1. The Hall–Kier alpha value is -1.74. The molecule has 20 heavy (non-hydrogen) atoms. The summed E-state index contributed by atoms with van der Waals surface area (Å²) in [6.45, 7) is 4.07. The second kappa shape index (κ2) is 7.15. The van der Waals surface area contributed by atoms with E-state index in [2.05, 4.69) is 24.4 Å². The number of benzene rings is 2. The van der Waals surface area contributed by atoms with E-state index in [1.165, 1.54) is 22.9 Å². The Bertz CT molecular complexity index is 568. The number of nitrogens with one attached hydrogen (secondary N) is 1. The molecule has 0 bridgehead atoms. The summed E-state index contributed by atoms with van der Waals surface area (Å²) in [5.41, 5.74) is 3.56. The number of aryl methyl sites for hydroxylation is 1.